The fourth-order valence-electron chi connectivity index (χ4n) is 1.59. The molecule has 2 heterocycles. The van der Waals surface area contributed by atoms with Crippen LogP contribution in [-0.4, -0.2) is 36.7 Å². The standard InChI is InChI=1S/C11H15N3O2.2ClH/c1-8-6-9(2-3-12-8)14-11(15)10-7-16-5-4-13-10;;/h2-3,6,10,13H,4-5,7H2,1H3,(H,12,14,15);2*1H. The predicted octanol–water partition coefficient (Wildman–Crippen LogP) is 1.16. The molecule has 5 nitrogen and oxygen atoms in total. The summed E-state index contributed by atoms with van der Waals surface area (Å²) in [5.41, 5.74) is 1.65. The molecule has 0 saturated carbocycles. The van der Waals surface area contributed by atoms with Crippen LogP contribution in [0.3, 0.4) is 0 Å². The Bertz CT molecular complexity index is 384. The van der Waals surface area contributed by atoms with Crippen molar-refractivity contribution in [2.45, 2.75) is 13.0 Å². The van der Waals surface area contributed by atoms with E-state index in [-0.39, 0.29) is 36.8 Å². The first-order valence-corrected chi connectivity index (χ1v) is 5.30. The number of anilines is 1. The Balaban J connectivity index is 0.00000144. The maximum atomic E-state index is 11.8. The van der Waals surface area contributed by atoms with Gasteiger partial charge < -0.3 is 15.4 Å². The van der Waals surface area contributed by atoms with Gasteiger partial charge in [0.15, 0.2) is 0 Å². The molecule has 102 valence electrons. The summed E-state index contributed by atoms with van der Waals surface area (Å²) in [6.45, 7) is 3.69. The normalized spacial score (nSPS) is 18.2. The second-order valence-corrected chi connectivity index (χ2v) is 3.76. The Hall–Kier alpha value is -0.880. The SMILES string of the molecule is Cc1cc(NC(=O)C2COCCN2)ccn1.Cl.Cl. The van der Waals surface area contributed by atoms with E-state index in [1.807, 2.05) is 13.0 Å². The van der Waals surface area contributed by atoms with Gasteiger partial charge in [0.25, 0.3) is 0 Å². The van der Waals surface area contributed by atoms with Gasteiger partial charge in [0.05, 0.1) is 13.2 Å². The van der Waals surface area contributed by atoms with E-state index < -0.39 is 0 Å². The van der Waals surface area contributed by atoms with Crippen molar-refractivity contribution < 1.29 is 9.53 Å². The third kappa shape index (κ3) is 4.78. The zero-order chi connectivity index (χ0) is 11.4. The number of carbonyl (C=O) groups is 1. The van der Waals surface area contributed by atoms with Gasteiger partial charge in [-0.15, -0.1) is 24.8 Å². The van der Waals surface area contributed by atoms with Gasteiger partial charge in [-0.3, -0.25) is 9.78 Å². The Kier molecular flexibility index (Phi) is 7.86. The van der Waals surface area contributed by atoms with Crippen LogP contribution in [0.4, 0.5) is 5.69 Å². The van der Waals surface area contributed by atoms with E-state index in [4.69, 9.17) is 4.74 Å². The third-order valence-electron chi connectivity index (χ3n) is 2.40. The summed E-state index contributed by atoms with van der Waals surface area (Å²) in [6, 6.07) is 3.35. The van der Waals surface area contributed by atoms with Gasteiger partial charge >= 0.3 is 0 Å². The lowest BCUT2D eigenvalue weighted by Gasteiger charge is -2.22. The number of ether oxygens (including phenoxy) is 1. The molecule has 1 saturated heterocycles. The third-order valence-corrected chi connectivity index (χ3v) is 2.40. The van der Waals surface area contributed by atoms with Crippen molar-refractivity contribution in [2.24, 2.45) is 0 Å². The van der Waals surface area contributed by atoms with E-state index in [0.717, 1.165) is 11.4 Å². The molecular formula is C11H17Cl2N3O2. The molecule has 0 bridgehead atoms. The van der Waals surface area contributed by atoms with Crippen LogP contribution in [0.25, 0.3) is 0 Å². The molecule has 18 heavy (non-hydrogen) atoms. The van der Waals surface area contributed by atoms with Crippen LogP contribution in [0, 0.1) is 6.92 Å². The van der Waals surface area contributed by atoms with Crippen molar-refractivity contribution in [3.05, 3.63) is 24.0 Å². The zero-order valence-corrected chi connectivity index (χ0v) is 11.6. The van der Waals surface area contributed by atoms with Gasteiger partial charge in [-0.05, 0) is 19.1 Å². The van der Waals surface area contributed by atoms with Crippen LogP contribution < -0.4 is 10.6 Å². The van der Waals surface area contributed by atoms with Crippen molar-refractivity contribution in [3.63, 3.8) is 0 Å². The number of halogens is 2. The summed E-state index contributed by atoms with van der Waals surface area (Å²) < 4.78 is 5.23. The van der Waals surface area contributed by atoms with Gasteiger partial charge in [0.1, 0.15) is 6.04 Å². The summed E-state index contributed by atoms with van der Waals surface area (Å²) >= 11 is 0. The van der Waals surface area contributed by atoms with Crippen LogP contribution in [0.15, 0.2) is 18.3 Å². The number of pyridine rings is 1. The predicted molar refractivity (Wildman–Crippen MR) is 74.7 cm³/mol. The van der Waals surface area contributed by atoms with Crippen molar-refractivity contribution in [1.82, 2.24) is 10.3 Å². The fourth-order valence-corrected chi connectivity index (χ4v) is 1.59. The molecule has 1 unspecified atom stereocenters. The van der Waals surface area contributed by atoms with Crippen molar-refractivity contribution in [1.29, 1.82) is 0 Å². The number of nitrogens with one attached hydrogen (secondary N) is 2. The monoisotopic (exact) mass is 293 g/mol. The highest BCUT2D eigenvalue weighted by Crippen LogP contribution is 2.08. The van der Waals surface area contributed by atoms with Crippen molar-refractivity contribution in [2.75, 3.05) is 25.1 Å². The van der Waals surface area contributed by atoms with Crippen LogP contribution in [0.5, 0.6) is 0 Å². The van der Waals surface area contributed by atoms with E-state index in [2.05, 4.69) is 15.6 Å². The Morgan fingerprint density at radius 3 is 2.94 bits per heavy atom. The van der Waals surface area contributed by atoms with E-state index >= 15 is 0 Å². The summed E-state index contributed by atoms with van der Waals surface area (Å²) in [5.74, 6) is -0.0645. The number of carbonyl (C=O) groups excluding carboxylic acids is 1. The molecule has 0 spiro atoms. The second-order valence-electron chi connectivity index (χ2n) is 3.76. The van der Waals surface area contributed by atoms with E-state index in [9.17, 15) is 4.79 Å². The molecule has 0 aromatic carbocycles. The Labute approximate surface area is 119 Å². The first kappa shape index (κ1) is 17.1. The number of amides is 1. The number of morpholine rings is 1. The number of aromatic nitrogens is 1. The molecular weight excluding hydrogens is 277 g/mol. The number of nitrogens with zero attached hydrogens (tertiary/aromatic N) is 1. The van der Waals surface area contributed by atoms with E-state index in [0.29, 0.717) is 19.8 Å². The number of hydrogen-bond donors (Lipinski definition) is 2. The van der Waals surface area contributed by atoms with Crippen LogP contribution in [0.1, 0.15) is 5.69 Å². The lowest BCUT2D eigenvalue weighted by molar-refractivity contribution is -0.120. The average molecular weight is 294 g/mol. The van der Waals surface area contributed by atoms with Crippen LogP contribution >= 0.6 is 24.8 Å². The summed E-state index contributed by atoms with van der Waals surface area (Å²) in [5, 5.41) is 5.93. The highest BCUT2D eigenvalue weighted by Gasteiger charge is 2.20. The van der Waals surface area contributed by atoms with Gasteiger partial charge in [0.2, 0.25) is 5.91 Å². The molecule has 7 heteroatoms. The first-order valence-electron chi connectivity index (χ1n) is 5.30. The maximum Gasteiger partial charge on any atom is 0.243 e. The smallest absolute Gasteiger partial charge is 0.243 e. The summed E-state index contributed by atoms with van der Waals surface area (Å²) in [4.78, 5) is 15.9. The van der Waals surface area contributed by atoms with Crippen molar-refractivity contribution in [3.8, 4) is 0 Å². The minimum absolute atomic E-state index is 0. The molecule has 1 fully saturated rings. The van der Waals surface area contributed by atoms with Gasteiger partial charge in [-0.2, -0.15) is 0 Å². The lowest BCUT2D eigenvalue weighted by Crippen LogP contribution is -2.48. The quantitative estimate of drug-likeness (QED) is 0.859. The number of aryl methyl sites for hydroxylation is 1. The zero-order valence-electron chi connectivity index (χ0n) is 10.0. The van der Waals surface area contributed by atoms with Gasteiger partial charge in [-0.25, -0.2) is 0 Å². The minimum atomic E-state index is -0.262. The molecule has 1 aromatic rings. The largest absolute Gasteiger partial charge is 0.378 e. The summed E-state index contributed by atoms with van der Waals surface area (Å²) in [6.07, 6.45) is 1.68. The molecule has 1 aliphatic rings. The molecule has 0 radical (unpaired) electrons. The molecule has 2 rings (SSSR count). The Morgan fingerprint density at radius 2 is 2.33 bits per heavy atom. The molecule has 1 aromatic heterocycles. The van der Waals surface area contributed by atoms with E-state index in [1.54, 1.807) is 12.3 Å². The number of rotatable bonds is 2. The van der Waals surface area contributed by atoms with Gasteiger partial charge in [0, 0.05) is 24.1 Å². The minimum Gasteiger partial charge on any atom is -0.378 e. The molecule has 2 N–H and O–H groups in total. The van der Waals surface area contributed by atoms with Gasteiger partial charge in [-0.1, -0.05) is 0 Å². The topological polar surface area (TPSA) is 63.2 Å². The molecule has 1 atom stereocenters. The average Bonchev–Trinajstić information content (AvgIpc) is 2.30. The molecule has 1 aliphatic heterocycles. The van der Waals surface area contributed by atoms with Crippen LogP contribution in [-0.2, 0) is 9.53 Å². The second kappa shape index (κ2) is 8.26. The van der Waals surface area contributed by atoms with Crippen LogP contribution in [0.2, 0.25) is 0 Å². The highest BCUT2D eigenvalue weighted by molar-refractivity contribution is 5.95. The summed E-state index contributed by atoms with van der Waals surface area (Å²) in [7, 11) is 0. The lowest BCUT2D eigenvalue weighted by atomic mass is 10.2. The molecule has 1 amide bonds. The first-order chi connectivity index (χ1) is 7.75. The fraction of sp³-hybridized carbons (Fsp3) is 0.455. The highest BCUT2D eigenvalue weighted by atomic mass is 35.5. The maximum absolute atomic E-state index is 11.8. The van der Waals surface area contributed by atoms with Crippen molar-refractivity contribution >= 4 is 36.4 Å². The number of hydrogen-bond acceptors (Lipinski definition) is 4. The van der Waals surface area contributed by atoms with E-state index in [1.165, 1.54) is 0 Å². The molecule has 0 aliphatic carbocycles. The Morgan fingerprint density at radius 1 is 1.56 bits per heavy atom.